The van der Waals surface area contributed by atoms with E-state index in [1.807, 2.05) is 36.4 Å². The van der Waals surface area contributed by atoms with Crippen LogP contribution in [-0.4, -0.2) is 36.6 Å². The summed E-state index contributed by atoms with van der Waals surface area (Å²) >= 11 is 1.06. The number of benzene rings is 2. The summed E-state index contributed by atoms with van der Waals surface area (Å²) in [5.74, 6) is 0.839. The standard InChI is InChI=1S/C21H16N4O3S/c26-19(27)12-29-21-22-20(23-24-21)18-10-9-13(28-18)11-25-16-7-3-1-5-14(16)15-6-2-4-8-17(15)25/h1-10H,11-12H2,(H,26,27)(H,22,23,24). The van der Waals surface area contributed by atoms with Gasteiger partial charge in [-0.05, 0) is 24.3 Å². The average molecular weight is 404 g/mol. The Kier molecular flexibility index (Phi) is 4.33. The van der Waals surface area contributed by atoms with E-state index in [2.05, 4.69) is 44.0 Å². The van der Waals surface area contributed by atoms with Crippen LogP contribution in [0.15, 0.2) is 70.2 Å². The molecule has 7 nitrogen and oxygen atoms in total. The van der Waals surface area contributed by atoms with Crippen molar-refractivity contribution in [3.05, 3.63) is 66.4 Å². The Hall–Kier alpha value is -3.52. The summed E-state index contributed by atoms with van der Waals surface area (Å²) in [4.78, 5) is 15.0. The minimum Gasteiger partial charge on any atom is -0.481 e. The molecule has 2 aromatic carbocycles. The van der Waals surface area contributed by atoms with Gasteiger partial charge < -0.3 is 14.1 Å². The van der Waals surface area contributed by atoms with Crippen LogP contribution in [0.2, 0.25) is 0 Å². The van der Waals surface area contributed by atoms with E-state index in [1.165, 1.54) is 10.8 Å². The van der Waals surface area contributed by atoms with Gasteiger partial charge in [0, 0.05) is 21.8 Å². The molecule has 0 aliphatic carbocycles. The van der Waals surface area contributed by atoms with Crippen LogP contribution in [0.1, 0.15) is 5.76 Å². The Bertz CT molecular complexity index is 1280. The number of carboxylic acids is 1. The number of nitrogens with one attached hydrogen (secondary N) is 1. The Morgan fingerprint density at radius 1 is 1.03 bits per heavy atom. The van der Waals surface area contributed by atoms with Crippen LogP contribution in [0.25, 0.3) is 33.4 Å². The Morgan fingerprint density at radius 3 is 2.41 bits per heavy atom. The maximum atomic E-state index is 10.7. The van der Waals surface area contributed by atoms with Gasteiger partial charge in [-0.1, -0.05) is 48.2 Å². The highest BCUT2D eigenvalue weighted by Gasteiger charge is 2.14. The lowest BCUT2D eigenvalue weighted by molar-refractivity contribution is -0.133. The quantitative estimate of drug-likeness (QED) is 0.407. The number of aliphatic carboxylic acids is 1. The molecule has 0 fully saturated rings. The van der Waals surface area contributed by atoms with Crippen molar-refractivity contribution in [3.63, 3.8) is 0 Å². The number of hydrogen-bond acceptors (Lipinski definition) is 5. The van der Waals surface area contributed by atoms with E-state index in [9.17, 15) is 4.79 Å². The second-order valence-electron chi connectivity index (χ2n) is 6.54. The number of hydrogen-bond donors (Lipinski definition) is 2. The predicted octanol–water partition coefficient (Wildman–Crippen LogP) is 4.40. The third kappa shape index (κ3) is 3.27. The number of thioether (sulfide) groups is 1. The zero-order chi connectivity index (χ0) is 19.8. The Labute approximate surface area is 169 Å². The molecule has 0 atom stereocenters. The second kappa shape index (κ2) is 7.14. The highest BCUT2D eigenvalue weighted by molar-refractivity contribution is 7.99. The summed E-state index contributed by atoms with van der Waals surface area (Å²) in [5, 5.41) is 18.4. The molecule has 0 amide bonds. The minimum absolute atomic E-state index is 0.0888. The predicted molar refractivity (Wildman–Crippen MR) is 111 cm³/mol. The van der Waals surface area contributed by atoms with Crippen molar-refractivity contribution in [1.82, 2.24) is 19.7 Å². The number of carboxylic acid groups (broad SMARTS) is 1. The minimum atomic E-state index is -0.909. The first kappa shape index (κ1) is 17.6. The Balaban J connectivity index is 1.46. The van der Waals surface area contributed by atoms with Crippen LogP contribution >= 0.6 is 11.8 Å². The summed E-state index contributed by atoms with van der Waals surface area (Å²) in [6.45, 7) is 0.586. The normalized spacial score (nSPS) is 11.4. The van der Waals surface area contributed by atoms with Gasteiger partial charge in [-0.15, -0.1) is 5.10 Å². The van der Waals surface area contributed by atoms with Gasteiger partial charge in [0.1, 0.15) is 5.76 Å². The number of fused-ring (bicyclic) bond motifs is 3. The number of para-hydroxylation sites is 2. The van der Waals surface area contributed by atoms with Crippen LogP contribution in [0, 0.1) is 0 Å². The molecule has 3 heterocycles. The van der Waals surface area contributed by atoms with Crippen molar-refractivity contribution >= 4 is 39.5 Å². The highest BCUT2D eigenvalue weighted by atomic mass is 32.2. The smallest absolute Gasteiger partial charge is 0.313 e. The van der Waals surface area contributed by atoms with Crippen molar-refractivity contribution in [2.45, 2.75) is 11.7 Å². The van der Waals surface area contributed by atoms with Gasteiger partial charge in [0.05, 0.1) is 12.3 Å². The number of nitrogens with zero attached hydrogens (tertiary/aromatic N) is 3. The molecule has 0 radical (unpaired) electrons. The van der Waals surface area contributed by atoms with Gasteiger partial charge in [-0.25, -0.2) is 0 Å². The summed E-state index contributed by atoms with van der Waals surface area (Å²) in [6, 6.07) is 20.4. The molecular formula is C21H16N4O3S. The monoisotopic (exact) mass is 404 g/mol. The van der Waals surface area contributed by atoms with Crippen molar-refractivity contribution < 1.29 is 14.3 Å². The van der Waals surface area contributed by atoms with Gasteiger partial charge in [0.2, 0.25) is 5.16 Å². The summed E-state index contributed by atoms with van der Waals surface area (Å²) in [6.07, 6.45) is 0. The number of furan rings is 1. The molecule has 144 valence electrons. The largest absolute Gasteiger partial charge is 0.481 e. The molecule has 0 saturated carbocycles. The van der Waals surface area contributed by atoms with Gasteiger partial charge in [-0.3, -0.25) is 9.89 Å². The number of rotatable bonds is 6. The molecule has 8 heteroatoms. The molecule has 0 aliphatic rings. The highest BCUT2D eigenvalue weighted by Crippen LogP contribution is 2.30. The fourth-order valence-electron chi connectivity index (χ4n) is 3.47. The van der Waals surface area contributed by atoms with E-state index in [0.717, 1.165) is 28.6 Å². The summed E-state index contributed by atoms with van der Waals surface area (Å²) in [5.41, 5.74) is 2.30. The molecule has 5 rings (SSSR count). The zero-order valence-corrected chi connectivity index (χ0v) is 16.0. The van der Waals surface area contributed by atoms with Crippen molar-refractivity contribution in [1.29, 1.82) is 0 Å². The lowest BCUT2D eigenvalue weighted by Gasteiger charge is -2.05. The van der Waals surface area contributed by atoms with E-state index >= 15 is 0 Å². The first-order chi connectivity index (χ1) is 14.2. The lowest BCUT2D eigenvalue weighted by atomic mass is 10.2. The van der Waals surface area contributed by atoms with E-state index in [0.29, 0.717) is 23.3 Å². The van der Waals surface area contributed by atoms with Crippen LogP contribution < -0.4 is 0 Å². The van der Waals surface area contributed by atoms with E-state index in [1.54, 1.807) is 0 Å². The molecule has 0 bridgehead atoms. The molecule has 0 unspecified atom stereocenters. The number of H-pyrrole nitrogens is 1. The maximum absolute atomic E-state index is 10.7. The van der Waals surface area contributed by atoms with Crippen LogP contribution in [-0.2, 0) is 11.3 Å². The number of aromatic amines is 1. The molecule has 0 spiro atoms. The molecule has 5 aromatic rings. The van der Waals surface area contributed by atoms with Gasteiger partial charge in [-0.2, -0.15) is 4.98 Å². The Morgan fingerprint density at radius 2 is 1.72 bits per heavy atom. The topological polar surface area (TPSA) is 96.9 Å². The fourth-order valence-corrected chi connectivity index (χ4v) is 3.99. The third-order valence-corrected chi connectivity index (χ3v) is 5.51. The first-order valence-electron chi connectivity index (χ1n) is 9.01. The fraction of sp³-hybridized carbons (Fsp3) is 0.0952. The zero-order valence-electron chi connectivity index (χ0n) is 15.2. The number of aromatic nitrogens is 4. The van der Waals surface area contributed by atoms with E-state index in [-0.39, 0.29) is 5.75 Å². The van der Waals surface area contributed by atoms with Crippen LogP contribution in [0.3, 0.4) is 0 Å². The summed E-state index contributed by atoms with van der Waals surface area (Å²) in [7, 11) is 0. The molecule has 0 aliphatic heterocycles. The van der Waals surface area contributed by atoms with Crippen LogP contribution in [0.5, 0.6) is 0 Å². The van der Waals surface area contributed by atoms with E-state index < -0.39 is 5.97 Å². The maximum Gasteiger partial charge on any atom is 0.313 e. The third-order valence-electron chi connectivity index (χ3n) is 4.68. The molecule has 2 N–H and O–H groups in total. The molecular weight excluding hydrogens is 388 g/mol. The van der Waals surface area contributed by atoms with Gasteiger partial charge >= 0.3 is 5.97 Å². The summed E-state index contributed by atoms with van der Waals surface area (Å²) < 4.78 is 8.24. The lowest BCUT2D eigenvalue weighted by Crippen LogP contribution is -1.97. The van der Waals surface area contributed by atoms with E-state index in [4.69, 9.17) is 9.52 Å². The molecule has 29 heavy (non-hydrogen) atoms. The van der Waals surface area contributed by atoms with Crippen LogP contribution in [0.4, 0.5) is 0 Å². The molecule has 3 aromatic heterocycles. The van der Waals surface area contributed by atoms with Crippen molar-refractivity contribution in [2.24, 2.45) is 0 Å². The average Bonchev–Trinajstić information content (AvgIpc) is 3.45. The molecule has 0 saturated heterocycles. The SMILES string of the molecule is O=C(O)CSc1n[nH]c(-c2ccc(Cn3c4ccccc4c4ccccc43)o2)n1. The van der Waals surface area contributed by atoms with Crippen molar-refractivity contribution in [2.75, 3.05) is 5.75 Å². The van der Waals surface area contributed by atoms with Gasteiger partial charge in [0.15, 0.2) is 11.6 Å². The van der Waals surface area contributed by atoms with Gasteiger partial charge in [0.25, 0.3) is 0 Å². The number of carbonyl (C=O) groups is 1. The van der Waals surface area contributed by atoms with Crippen molar-refractivity contribution in [3.8, 4) is 11.6 Å². The first-order valence-corrected chi connectivity index (χ1v) is 9.99. The second-order valence-corrected chi connectivity index (χ2v) is 7.48.